The molecule has 0 spiro atoms. The van der Waals surface area contributed by atoms with Gasteiger partial charge in [-0.15, -0.1) is 6.58 Å². The molecule has 1 fully saturated rings. The summed E-state index contributed by atoms with van der Waals surface area (Å²) < 4.78 is 16.0. The van der Waals surface area contributed by atoms with Crippen LogP contribution in [0.2, 0.25) is 0 Å². The number of aliphatic hydroxyl groups is 1. The highest BCUT2D eigenvalue weighted by atomic mass is 16.6. The Morgan fingerprint density at radius 3 is 2.75 bits per heavy atom. The molecule has 0 unspecified atom stereocenters. The summed E-state index contributed by atoms with van der Waals surface area (Å²) in [5, 5.41) is 10.8. The van der Waals surface area contributed by atoms with Crippen LogP contribution in [-0.2, 0) is 19.0 Å². The molecule has 0 saturated heterocycles. The van der Waals surface area contributed by atoms with E-state index in [0.29, 0.717) is 12.0 Å². The fourth-order valence-electron chi connectivity index (χ4n) is 2.82. The van der Waals surface area contributed by atoms with Crippen molar-refractivity contribution in [3.63, 3.8) is 0 Å². The first kappa shape index (κ1) is 18.3. The predicted octanol–water partition coefficient (Wildman–Crippen LogP) is 1.52. The third kappa shape index (κ3) is 3.90. The van der Waals surface area contributed by atoms with Crippen LogP contribution >= 0.6 is 0 Å². The number of ether oxygens (including phenoxy) is 3. The molecule has 1 aliphatic rings. The highest BCUT2D eigenvalue weighted by Crippen LogP contribution is 2.31. The molecule has 0 heterocycles. The summed E-state index contributed by atoms with van der Waals surface area (Å²) in [6.07, 6.45) is 0.167. The maximum absolute atomic E-state index is 12.2. The van der Waals surface area contributed by atoms with Gasteiger partial charge in [0.15, 0.2) is 11.4 Å². The highest BCUT2D eigenvalue weighted by Gasteiger charge is 2.52. The van der Waals surface area contributed by atoms with Gasteiger partial charge in [0.25, 0.3) is 0 Å². The molecule has 3 atom stereocenters. The molecule has 1 N–H and O–H groups in total. The number of rotatable bonds is 7. The van der Waals surface area contributed by atoms with Gasteiger partial charge in [-0.1, -0.05) is 24.3 Å². The van der Waals surface area contributed by atoms with Crippen LogP contribution in [0, 0.1) is 0 Å². The first-order chi connectivity index (χ1) is 11.5. The second-order valence-corrected chi connectivity index (χ2v) is 5.66. The molecule has 0 radical (unpaired) electrons. The van der Waals surface area contributed by atoms with Crippen molar-refractivity contribution >= 4 is 11.8 Å². The summed E-state index contributed by atoms with van der Waals surface area (Å²) in [6.45, 7) is 3.47. The van der Waals surface area contributed by atoms with E-state index in [2.05, 4.69) is 6.58 Å². The summed E-state index contributed by atoms with van der Waals surface area (Å²) >= 11 is 0. The zero-order valence-electron chi connectivity index (χ0n) is 13.6. The molecule has 0 aliphatic heterocycles. The van der Waals surface area contributed by atoms with Gasteiger partial charge in [0.2, 0.25) is 0 Å². The summed E-state index contributed by atoms with van der Waals surface area (Å²) in [7, 11) is 1.37. The van der Waals surface area contributed by atoms with E-state index in [1.54, 1.807) is 30.3 Å². The number of carbonyl (C=O) groups excluding carboxylic acids is 2. The number of ketones is 1. The third-order valence-corrected chi connectivity index (χ3v) is 4.03. The Labute approximate surface area is 141 Å². The van der Waals surface area contributed by atoms with Gasteiger partial charge in [-0.05, 0) is 18.6 Å². The lowest BCUT2D eigenvalue weighted by Gasteiger charge is -2.41. The lowest BCUT2D eigenvalue weighted by atomic mass is 9.79. The molecule has 24 heavy (non-hydrogen) atoms. The molecule has 1 aromatic carbocycles. The molecule has 1 aliphatic carbocycles. The fraction of sp³-hybridized carbons (Fsp3) is 0.444. The Hall–Kier alpha value is -2.02. The van der Waals surface area contributed by atoms with Gasteiger partial charge < -0.3 is 19.3 Å². The Morgan fingerprint density at radius 1 is 1.42 bits per heavy atom. The standard InChI is InChI=1S/C18H22O6/c1-3-11-23-12-18(21)15(19)10-9-14(16(18)22-2)24-17(20)13-7-5-4-6-8-13/h3-8,14,16,21H,1,9-12H2,2H3/t14-,16-,18+/m1/s1. The van der Waals surface area contributed by atoms with Crippen molar-refractivity contribution in [2.75, 3.05) is 20.3 Å². The van der Waals surface area contributed by atoms with Gasteiger partial charge in [-0.25, -0.2) is 4.79 Å². The Bertz CT molecular complexity index is 584. The van der Waals surface area contributed by atoms with Crippen LogP contribution in [0.15, 0.2) is 43.0 Å². The average Bonchev–Trinajstić information content (AvgIpc) is 2.59. The number of carbonyl (C=O) groups is 2. The maximum Gasteiger partial charge on any atom is 0.338 e. The minimum absolute atomic E-state index is 0.0839. The Morgan fingerprint density at radius 2 is 2.12 bits per heavy atom. The van der Waals surface area contributed by atoms with Crippen LogP contribution in [0.1, 0.15) is 23.2 Å². The van der Waals surface area contributed by atoms with Crippen molar-refractivity contribution in [3.8, 4) is 0 Å². The minimum atomic E-state index is -1.85. The summed E-state index contributed by atoms with van der Waals surface area (Å²) in [5.41, 5.74) is -1.45. The number of benzene rings is 1. The molecule has 0 bridgehead atoms. The SMILES string of the molecule is C=CCOC[C@]1(O)C(=O)CC[C@@H](OC(=O)c2ccccc2)[C@H]1OC. The Balaban J connectivity index is 2.13. The van der Waals surface area contributed by atoms with Crippen LogP contribution in [0.25, 0.3) is 0 Å². The van der Waals surface area contributed by atoms with Gasteiger partial charge in [0, 0.05) is 13.5 Å². The van der Waals surface area contributed by atoms with Gasteiger partial charge in [-0.3, -0.25) is 4.79 Å². The largest absolute Gasteiger partial charge is 0.456 e. The first-order valence-corrected chi connectivity index (χ1v) is 7.76. The van der Waals surface area contributed by atoms with E-state index in [0.717, 1.165) is 0 Å². The summed E-state index contributed by atoms with van der Waals surface area (Å²) in [6, 6.07) is 8.53. The molecule has 130 valence electrons. The second-order valence-electron chi connectivity index (χ2n) is 5.66. The monoisotopic (exact) mass is 334 g/mol. The first-order valence-electron chi connectivity index (χ1n) is 7.76. The lowest BCUT2D eigenvalue weighted by molar-refractivity contribution is -0.192. The van der Waals surface area contributed by atoms with E-state index >= 15 is 0 Å². The molecule has 0 amide bonds. The number of Topliss-reactive ketones (excluding diaryl/α,β-unsaturated/α-hetero) is 1. The van der Waals surface area contributed by atoms with Crippen LogP contribution in [0.3, 0.4) is 0 Å². The smallest absolute Gasteiger partial charge is 0.338 e. The molecular formula is C18H22O6. The van der Waals surface area contributed by atoms with Crippen LogP contribution in [-0.4, -0.2) is 55.0 Å². The molecular weight excluding hydrogens is 312 g/mol. The summed E-state index contributed by atoms with van der Waals surface area (Å²) in [4.78, 5) is 24.4. The molecule has 6 nitrogen and oxygen atoms in total. The number of methoxy groups -OCH3 is 1. The van der Waals surface area contributed by atoms with Gasteiger partial charge in [0.1, 0.15) is 12.2 Å². The molecule has 2 rings (SSSR count). The van der Waals surface area contributed by atoms with Gasteiger partial charge in [-0.2, -0.15) is 0 Å². The van der Waals surface area contributed by atoms with Gasteiger partial charge >= 0.3 is 5.97 Å². The van der Waals surface area contributed by atoms with Crippen molar-refractivity contribution < 1.29 is 28.9 Å². The summed E-state index contributed by atoms with van der Waals surface area (Å²) in [5.74, 6) is -0.906. The number of esters is 1. The van der Waals surface area contributed by atoms with E-state index in [4.69, 9.17) is 14.2 Å². The van der Waals surface area contributed by atoms with E-state index < -0.39 is 23.8 Å². The van der Waals surface area contributed by atoms with Crippen LogP contribution in [0.5, 0.6) is 0 Å². The predicted molar refractivity (Wildman–Crippen MR) is 86.6 cm³/mol. The van der Waals surface area contributed by atoms with E-state index in [1.807, 2.05) is 0 Å². The average molecular weight is 334 g/mol. The van der Waals surface area contributed by atoms with Crippen molar-refractivity contribution in [2.24, 2.45) is 0 Å². The normalized spacial score (nSPS) is 26.8. The minimum Gasteiger partial charge on any atom is -0.456 e. The van der Waals surface area contributed by atoms with Crippen molar-refractivity contribution in [3.05, 3.63) is 48.6 Å². The van der Waals surface area contributed by atoms with Crippen molar-refractivity contribution in [1.29, 1.82) is 0 Å². The zero-order valence-corrected chi connectivity index (χ0v) is 13.6. The number of hydrogen-bond donors (Lipinski definition) is 1. The Kier molecular flexibility index (Phi) is 6.25. The number of hydrogen-bond acceptors (Lipinski definition) is 6. The highest BCUT2D eigenvalue weighted by molar-refractivity contribution is 5.91. The van der Waals surface area contributed by atoms with Crippen molar-refractivity contribution in [1.82, 2.24) is 0 Å². The molecule has 1 saturated carbocycles. The van der Waals surface area contributed by atoms with Crippen molar-refractivity contribution in [2.45, 2.75) is 30.7 Å². The molecule has 0 aromatic heterocycles. The zero-order chi connectivity index (χ0) is 17.6. The topological polar surface area (TPSA) is 82.1 Å². The van der Waals surface area contributed by atoms with E-state index in [1.165, 1.54) is 13.2 Å². The second kappa shape index (κ2) is 8.19. The molecule has 1 aromatic rings. The molecule has 6 heteroatoms. The lowest BCUT2D eigenvalue weighted by Crippen LogP contribution is -2.62. The van der Waals surface area contributed by atoms with Crippen LogP contribution in [0.4, 0.5) is 0 Å². The third-order valence-electron chi connectivity index (χ3n) is 4.03. The fourth-order valence-corrected chi connectivity index (χ4v) is 2.82. The van der Waals surface area contributed by atoms with Gasteiger partial charge in [0.05, 0.1) is 18.8 Å². The van der Waals surface area contributed by atoms with Crippen LogP contribution < -0.4 is 0 Å². The van der Waals surface area contributed by atoms with E-state index in [-0.39, 0.29) is 25.4 Å². The maximum atomic E-state index is 12.2. The van der Waals surface area contributed by atoms with E-state index in [9.17, 15) is 14.7 Å². The quantitative estimate of drug-likeness (QED) is 0.462.